The van der Waals surface area contributed by atoms with Crippen LogP contribution in [-0.4, -0.2) is 61.0 Å². The third kappa shape index (κ3) is 4.70. The highest BCUT2D eigenvalue weighted by Crippen LogP contribution is 2.13. The fraction of sp³-hybridized carbons (Fsp3) is 0.625. The number of hydrogen-bond acceptors (Lipinski definition) is 4. The third-order valence-corrected chi connectivity index (χ3v) is 3.81. The van der Waals surface area contributed by atoms with E-state index in [-0.39, 0.29) is 5.91 Å². The first-order valence-electron chi connectivity index (χ1n) is 7.70. The number of rotatable bonds is 6. The van der Waals surface area contributed by atoms with Crippen LogP contribution in [0, 0.1) is 5.92 Å². The summed E-state index contributed by atoms with van der Waals surface area (Å²) in [6, 6.07) is 3.74. The van der Waals surface area contributed by atoms with Crippen LogP contribution in [0.1, 0.15) is 30.3 Å². The van der Waals surface area contributed by atoms with Crippen molar-refractivity contribution in [1.29, 1.82) is 0 Å². The molecule has 1 atom stereocenters. The quantitative estimate of drug-likeness (QED) is 0.869. The van der Waals surface area contributed by atoms with Gasteiger partial charge in [-0.05, 0) is 44.0 Å². The molecule has 2 rings (SSSR count). The Balaban J connectivity index is 1.84. The van der Waals surface area contributed by atoms with Gasteiger partial charge in [0.25, 0.3) is 5.91 Å². The van der Waals surface area contributed by atoms with Gasteiger partial charge in [0.1, 0.15) is 5.69 Å². The van der Waals surface area contributed by atoms with E-state index < -0.39 is 0 Å². The molecule has 5 nitrogen and oxygen atoms in total. The summed E-state index contributed by atoms with van der Waals surface area (Å²) < 4.78 is 0. The maximum Gasteiger partial charge on any atom is 0.272 e. The van der Waals surface area contributed by atoms with Crippen molar-refractivity contribution < 1.29 is 4.79 Å². The summed E-state index contributed by atoms with van der Waals surface area (Å²) >= 11 is 0. The summed E-state index contributed by atoms with van der Waals surface area (Å²) in [5.74, 6) is 0.521. The molecule has 1 aromatic heterocycles. The fourth-order valence-corrected chi connectivity index (χ4v) is 2.65. The standard InChI is InChI=1S/C16H26N4O/c1-13(12-20-8-4-5-9-20)11-18-14-6-7-17-15(10-14)16(21)19(2)3/h6-7,10,13H,4-5,8-9,11-12H2,1-3H3,(H,17,18). The zero-order valence-electron chi connectivity index (χ0n) is 13.3. The fourth-order valence-electron chi connectivity index (χ4n) is 2.65. The highest BCUT2D eigenvalue weighted by molar-refractivity contribution is 5.92. The first-order valence-corrected chi connectivity index (χ1v) is 7.70. The predicted octanol–water partition coefficient (Wildman–Crippen LogP) is 1.93. The van der Waals surface area contributed by atoms with Gasteiger partial charge in [-0.2, -0.15) is 0 Å². The number of anilines is 1. The van der Waals surface area contributed by atoms with Gasteiger partial charge < -0.3 is 15.1 Å². The van der Waals surface area contributed by atoms with Crippen molar-refractivity contribution in [2.75, 3.05) is 45.6 Å². The van der Waals surface area contributed by atoms with Crippen LogP contribution in [0.15, 0.2) is 18.3 Å². The van der Waals surface area contributed by atoms with Crippen molar-refractivity contribution in [1.82, 2.24) is 14.8 Å². The molecule has 0 radical (unpaired) electrons. The van der Waals surface area contributed by atoms with Crippen molar-refractivity contribution in [3.05, 3.63) is 24.0 Å². The van der Waals surface area contributed by atoms with Crippen LogP contribution in [0.4, 0.5) is 5.69 Å². The Morgan fingerprint density at radius 1 is 1.43 bits per heavy atom. The highest BCUT2D eigenvalue weighted by Gasteiger charge is 2.15. The summed E-state index contributed by atoms with van der Waals surface area (Å²) in [4.78, 5) is 20.1. The first-order chi connectivity index (χ1) is 10.1. The van der Waals surface area contributed by atoms with Crippen LogP contribution in [0.5, 0.6) is 0 Å². The Bertz CT molecular complexity index is 469. The van der Waals surface area contributed by atoms with Gasteiger partial charge in [0.05, 0.1) is 0 Å². The first kappa shape index (κ1) is 15.8. The van der Waals surface area contributed by atoms with Gasteiger partial charge in [-0.3, -0.25) is 9.78 Å². The molecule has 1 saturated heterocycles. The normalized spacial score (nSPS) is 16.7. The van der Waals surface area contributed by atoms with Gasteiger partial charge in [-0.15, -0.1) is 0 Å². The summed E-state index contributed by atoms with van der Waals surface area (Å²) in [6.07, 6.45) is 4.35. The topological polar surface area (TPSA) is 48.5 Å². The van der Waals surface area contributed by atoms with Crippen molar-refractivity contribution in [3.8, 4) is 0 Å². The van der Waals surface area contributed by atoms with Crippen molar-refractivity contribution in [2.45, 2.75) is 19.8 Å². The van der Waals surface area contributed by atoms with E-state index in [1.54, 1.807) is 25.2 Å². The molecule has 116 valence electrons. The minimum absolute atomic E-state index is 0.0660. The molecular weight excluding hydrogens is 264 g/mol. The van der Waals surface area contributed by atoms with E-state index in [0.29, 0.717) is 11.6 Å². The molecule has 1 unspecified atom stereocenters. The van der Waals surface area contributed by atoms with Crippen molar-refractivity contribution >= 4 is 11.6 Å². The molecular formula is C16H26N4O. The number of carbonyl (C=O) groups is 1. The molecule has 21 heavy (non-hydrogen) atoms. The molecule has 0 saturated carbocycles. The lowest BCUT2D eigenvalue weighted by Crippen LogP contribution is -2.29. The number of hydrogen-bond donors (Lipinski definition) is 1. The number of pyridine rings is 1. The SMILES string of the molecule is CC(CNc1ccnc(C(=O)N(C)C)c1)CN1CCCC1. The zero-order valence-corrected chi connectivity index (χ0v) is 13.3. The second-order valence-corrected chi connectivity index (χ2v) is 6.12. The van der Waals surface area contributed by atoms with Gasteiger partial charge >= 0.3 is 0 Å². The predicted molar refractivity (Wildman–Crippen MR) is 85.6 cm³/mol. The average Bonchev–Trinajstić information content (AvgIpc) is 2.97. The number of nitrogens with one attached hydrogen (secondary N) is 1. The third-order valence-electron chi connectivity index (χ3n) is 3.81. The van der Waals surface area contributed by atoms with Gasteiger partial charge in [0.15, 0.2) is 0 Å². The number of nitrogens with zero attached hydrogens (tertiary/aromatic N) is 3. The number of amides is 1. The Morgan fingerprint density at radius 3 is 2.81 bits per heavy atom. The molecule has 5 heteroatoms. The molecule has 1 aliphatic heterocycles. The summed E-state index contributed by atoms with van der Waals surface area (Å²) in [5.41, 5.74) is 1.45. The minimum atomic E-state index is -0.0660. The van der Waals surface area contributed by atoms with Crippen LogP contribution in [0.25, 0.3) is 0 Å². The molecule has 0 aliphatic carbocycles. The molecule has 1 aromatic rings. The van der Waals surface area contributed by atoms with E-state index in [4.69, 9.17) is 0 Å². The van der Waals surface area contributed by atoms with Gasteiger partial charge in [0.2, 0.25) is 0 Å². The number of carbonyl (C=O) groups excluding carboxylic acids is 1. The van der Waals surface area contributed by atoms with E-state index in [1.165, 1.54) is 25.9 Å². The lowest BCUT2D eigenvalue weighted by atomic mass is 10.1. The van der Waals surface area contributed by atoms with Gasteiger partial charge in [0, 0.05) is 39.1 Å². The lowest BCUT2D eigenvalue weighted by Gasteiger charge is -2.21. The molecule has 1 fully saturated rings. The Hall–Kier alpha value is -1.62. The molecule has 1 N–H and O–H groups in total. The van der Waals surface area contributed by atoms with Crippen molar-refractivity contribution in [3.63, 3.8) is 0 Å². The Labute approximate surface area is 127 Å². The van der Waals surface area contributed by atoms with Gasteiger partial charge in [-0.1, -0.05) is 6.92 Å². The lowest BCUT2D eigenvalue weighted by molar-refractivity contribution is 0.0822. The largest absolute Gasteiger partial charge is 0.385 e. The van der Waals surface area contributed by atoms with Crippen LogP contribution < -0.4 is 5.32 Å². The van der Waals surface area contributed by atoms with Crippen molar-refractivity contribution in [2.24, 2.45) is 5.92 Å². The van der Waals surface area contributed by atoms with Crippen LogP contribution in [-0.2, 0) is 0 Å². The summed E-state index contributed by atoms with van der Waals surface area (Å²) in [6.45, 7) is 6.79. The second-order valence-electron chi connectivity index (χ2n) is 6.12. The van der Waals surface area contributed by atoms with E-state index in [1.807, 2.05) is 12.1 Å². The van der Waals surface area contributed by atoms with Crippen LogP contribution >= 0.6 is 0 Å². The smallest absolute Gasteiger partial charge is 0.272 e. The maximum atomic E-state index is 11.9. The highest BCUT2D eigenvalue weighted by atomic mass is 16.2. The second kappa shape index (κ2) is 7.41. The Kier molecular flexibility index (Phi) is 5.56. The maximum absolute atomic E-state index is 11.9. The van der Waals surface area contributed by atoms with Crippen LogP contribution in [0.2, 0.25) is 0 Å². The number of likely N-dealkylation sites (tertiary alicyclic amines) is 1. The van der Waals surface area contributed by atoms with Crippen LogP contribution in [0.3, 0.4) is 0 Å². The zero-order chi connectivity index (χ0) is 15.2. The molecule has 1 aliphatic rings. The molecule has 0 bridgehead atoms. The summed E-state index contributed by atoms with van der Waals surface area (Å²) in [5, 5.41) is 3.42. The Morgan fingerprint density at radius 2 is 2.14 bits per heavy atom. The molecule has 2 heterocycles. The minimum Gasteiger partial charge on any atom is -0.385 e. The average molecular weight is 290 g/mol. The van der Waals surface area contributed by atoms with E-state index in [0.717, 1.165) is 18.8 Å². The van der Waals surface area contributed by atoms with E-state index in [9.17, 15) is 4.79 Å². The van der Waals surface area contributed by atoms with E-state index in [2.05, 4.69) is 22.1 Å². The molecule has 1 amide bonds. The number of aromatic nitrogens is 1. The van der Waals surface area contributed by atoms with E-state index >= 15 is 0 Å². The monoisotopic (exact) mass is 290 g/mol. The summed E-state index contributed by atoms with van der Waals surface area (Å²) in [7, 11) is 3.48. The van der Waals surface area contributed by atoms with Gasteiger partial charge in [-0.25, -0.2) is 0 Å². The molecule has 0 aromatic carbocycles. The molecule has 0 spiro atoms.